The van der Waals surface area contributed by atoms with Gasteiger partial charge in [0.05, 0.1) is 5.52 Å². The number of aromatic hydroxyl groups is 1. The first kappa shape index (κ1) is 11.4. The van der Waals surface area contributed by atoms with E-state index in [9.17, 15) is 5.11 Å². The van der Waals surface area contributed by atoms with E-state index in [0.717, 1.165) is 16.6 Å². The summed E-state index contributed by atoms with van der Waals surface area (Å²) < 4.78 is 0. The predicted octanol–water partition coefficient (Wildman–Crippen LogP) is 2.34. The fourth-order valence-corrected chi connectivity index (χ4v) is 1.79. The van der Waals surface area contributed by atoms with E-state index in [4.69, 9.17) is 0 Å². The Morgan fingerprint density at radius 1 is 0.895 bits per heavy atom. The van der Waals surface area contributed by atoms with Crippen LogP contribution in [0.2, 0.25) is 0 Å². The van der Waals surface area contributed by atoms with E-state index in [2.05, 4.69) is 20.5 Å². The average Bonchev–Trinajstić information content (AvgIpc) is 2.46. The number of hydrogen-bond donors (Lipinski definition) is 2. The Labute approximate surface area is 110 Å². The van der Waals surface area contributed by atoms with Crippen molar-refractivity contribution in [2.75, 3.05) is 5.32 Å². The zero-order valence-corrected chi connectivity index (χ0v) is 10.1. The number of benzene rings is 2. The van der Waals surface area contributed by atoms with Gasteiger partial charge in [-0.05, 0) is 18.2 Å². The Morgan fingerprint density at radius 2 is 1.63 bits per heavy atom. The standard InChI is InChI=1S/C14H12N4O/c19-13-8-4-1-5-10(13)9-15-14-16-11-6-2-3-7-12(11)17-18-14/h1-8,19H,9H2,(H,15,16,18). The maximum Gasteiger partial charge on any atom is 0.243 e. The molecule has 0 amide bonds. The van der Waals surface area contributed by atoms with Crippen LogP contribution in [-0.4, -0.2) is 20.3 Å². The van der Waals surface area contributed by atoms with Gasteiger partial charge < -0.3 is 10.4 Å². The Balaban J connectivity index is 1.80. The van der Waals surface area contributed by atoms with Crippen molar-refractivity contribution in [3.05, 3.63) is 54.1 Å². The van der Waals surface area contributed by atoms with E-state index in [1.807, 2.05) is 36.4 Å². The van der Waals surface area contributed by atoms with Crippen molar-refractivity contribution in [3.8, 4) is 5.75 Å². The molecule has 0 aliphatic carbocycles. The molecule has 3 rings (SSSR count). The van der Waals surface area contributed by atoms with Gasteiger partial charge >= 0.3 is 0 Å². The van der Waals surface area contributed by atoms with Gasteiger partial charge in [0.1, 0.15) is 11.3 Å². The zero-order chi connectivity index (χ0) is 13.1. The lowest BCUT2D eigenvalue weighted by atomic mass is 10.2. The molecule has 0 saturated carbocycles. The topological polar surface area (TPSA) is 70.9 Å². The minimum Gasteiger partial charge on any atom is -0.508 e. The van der Waals surface area contributed by atoms with Crippen molar-refractivity contribution in [2.24, 2.45) is 0 Å². The zero-order valence-electron chi connectivity index (χ0n) is 10.1. The van der Waals surface area contributed by atoms with Gasteiger partial charge in [0.25, 0.3) is 0 Å². The number of para-hydroxylation sites is 2. The highest BCUT2D eigenvalue weighted by molar-refractivity contribution is 5.74. The van der Waals surface area contributed by atoms with E-state index in [1.54, 1.807) is 12.1 Å². The minimum absolute atomic E-state index is 0.253. The molecule has 0 atom stereocenters. The third kappa shape index (κ3) is 2.44. The molecule has 1 aromatic heterocycles. The molecular formula is C14H12N4O. The van der Waals surface area contributed by atoms with Crippen LogP contribution in [0.1, 0.15) is 5.56 Å². The van der Waals surface area contributed by atoms with E-state index in [-0.39, 0.29) is 5.75 Å². The summed E-state index contributed by atoms with van der Waals surface area (Å²) in [5, 5.41) is 20.8. The highest BCUT2D eigenvalue weighted by atomic mass is 16.3. The Bertz CT molecular complexity index is 714. The summed E-state index contributed by atoms with van der Waals surface area (Å²) in [6.07, 6.45) is 0. The number of phenols is 1. The molecule has 1 heterocycles. The molecule has 2 aromatic carbocycles. The second-order valence-electron chi connectivity index (χ2n) is 4.11. The molecule has 19 heavy (non-hydrogen) atoms. The SMILES string of the molecule is Oc1ccccc1CNc1nnc2ccccc2n1. The monoisotopic (exact) mass is 252 g/mol. The number of phenolic OH excluding ortho intramolecular Hbond substituents is 1. The van der Waals surface area contributed by atoms with Gasteiger partial charge in [-0.3, -0.25) is 0 Å². The van der Waals surface area contributed by atoms with Gasteiger partial charge in [0.2, 0.25) is 5.95 Å². The summed E-state index contributed by atoms with van der Waals surface area (Å²) in [6.45, 7) is 0.451. The Kier molecular flexibility index (Phi) is 2.94. The van der Waals surface area contributed by atoms with Gasteiger partial charge in [-0.1, -0.05) is 30.3 Å². The van der Waals surface area contributed by atoms with E-state index in [0.29, 0.717) is 12.5 Å². The molecule has 3 aromatic rings. The first-order valence-electron chi connectivity index (χ1n) is 5.93. The Morgan fingerprint density at radius 3 is 2.47 bits per heavy atom. The minimum atomic E-state index is 0.253. The molecule has 0 radical (unpaired) electrons. The van der Waals surface area contributed by atoms with E-state index >= 15 is 0 Å². The van der Waals surface area contributed by atoms with Crippen LogP contribution in [-0.2, 0) is 6.54 Å². The first-order chi connectivity index (χ1) is 9.33. The van der Waals surface area contributed by atoms with Gasteiger partial charge in [0, 0.05) is 12.1 Å². The molecule has 0 aliphatic heterocycles. The van der Waals surface area contributed by atoms with Crippen molar-refractivity contribution in [1.29, 1.82) is 0 Å². The van der Waals surface area contributed by atoms with E-state index < -0.39 is 0 Å². The third-order valence-electron chi connectivity index (χ3n) is 2.79. The maximum absolute atomic E-state index is 9.66. The summed E-state index contributed by atoms with van der Waals surface area (Å²) in [4.78, 5) is 4.35. The van der Waals surface area contributed by atoms with Crippen LogP contribution < -0.4 is 5.32 Å². The van der Waals surface area contributed by atoms with Crippen LogP contribution in [0.4, 0.5) is 5.95 Å². The number of aromatic nitrogens is 3. The van der Waals surface area contributed by atoms with E-state index in [1.165, 1.54) is 0 Å². The number of rotatable bonds is 3. The van der Waals surface area contributed by atoms with Crippen LogP contribution in [0, 0.1) is 0 Å². The number of hydrogen-bond acceptors (Lipinski definition) is 5. The van der Waals surface area contributed by atoms with Crippen molar-refractivity contribution < 1.29 is 5.11 Å². The molecule has 0 bridgehead atoms. The van der Waals surface area contributed by atoms with Gasteiger partial charge in [0.15, 0.2) is 0 Å². The summed E-state index contributed by atoms with van der Waals surface area (Å²) in [5.41, 5.74) is 2.34. The largest absolute Gasteiger partial charge is 0.508 e. The predicted molar refractivity (Wildman–Crippen MR) is 72.8 cm³/mol. The highest BCUT2D eigenvalue weighted by Gasteiger charge is 2.03. The molecule has 0 fully saturated rings. The number of anilines is 1. The summed E-state index contributed by atoms with van der Waals surface area (Å²) >= 11 is 0. The first-order valence-corrected chi connectivity index (χ1v) is 5.93. The van der Waals surface area contributed by atoms with Gasteiger partial charge in [-0.25, -0.2) is 4.98 Å². The summed E-state index contributed by atoms with van der Waals surface area (Å²) in [7, 11) is 0. The van der Waals surface area contributed by atoms with Crippen molar-refractivity contribution in [2.45, 2.75) is 6.54 Å². The lowest BCUT2D eigenvalue weighted by molar-refractivity contribution is 0.469. The lowest BCUT2D eigenvalue weighted by Crippen LogP contribution is -2.05. The second kappa shape index (κ2) is 4.89. The van der Waals surface area contributed by atoms with Crippen LogP contribution in [0.15, 0.2) is 48.5 Å². The maximum atomic E-state index is 9.66. The fraction of sp³-hybridized carbons (Fsp3) is 0.0714. The Hall–Kier alpha value is -2.69. The highest BCUT2D eigenvalue weighted by Crippen LogP contribution is 2.16. The number of nitrogens with one attached hydrogen (secondary N) is 1. The van der Waals surface area contributed by atoms with Gasteiger partial charge in [-0.15, -0.1) is 10.2 Å². The van der Waals surface area contributed by atoms with Crippen LogP contribution in [0.3, 0.4) is 0 Å². The van der Waals surface area contributed by atoms with Crippen LogP contribution in [0.5, 0.6) is 5.75 Å². The summed E-state index contributed by atoms with van der Waals surface area (Å²) in [5.74, 6) is 0.700. The van der Waals surface area contributed by atoms with Crippen LogP contribution >= 0.6 is 0 Å². The normalized spacial score (nSPS) is 10.5. The molecule has 0 aliphatic rings. The molecule has 5 nitrogen and oxygen atoms in total. The quantitative estimate of drug-likeness (QED) is 0.748. The molecular weight excluding hydrogens is 240 g/mol. The molecule has 0 spiro atoms. The fourth-order valence-electron chi connectivity index (χ4n) is 1.79. The molecule has 0 unspecified atom stereocenters. The second-order valence-corrected chi connectivity index (χ2v) is 4.11. The summed E-state index contributed by atoms with van der Waals surface area (Å²) in [6, 6.07) is 14.7. The smallest absolute Gasteiger partial charge is 0.243 e. The molecule has 94 valence electrons. The van der Waals surface area contributed by atoms with Crippen molar-refractivity contribution in [3.63, 3.8) is 0 Å². The number of nitrogens with zero attached hydrogens (tertiary/aromatic N) is 3. The van der Waals surface area contributed by atoms with Crippen molar-refractivity contribution in [1.82, 2.24) is 15.2 Å². The molecule has 2 N–H and O–H groups in total. The average molecular weight is 252 g/mol. The number of fused-ring (bicyclic) bond motifs is 1. The van der Waals surface area contributed by atoms with Crippen LogP contribution in [0.25, 0.3) is 11.0 Å². The lowest BCUT2D eigenvalue weighted by Gasteiger charge is -2.06. The molecule has 0 saturated heterocycles. The van der Waals surface area contributed by atoms with Crippen molar-refractivity contribution >= 4 is 17.0 Å². The molecule has 5 heteroatoms. The third-order valence-corrected chi connectivity index (χ3v) is 2.79. The van der Waals surface area contributed by atoms with Gasteiger partial charge in [-0.2, -0.15) is 0 Å².